The third kappa shape index (κ3) is 3.50. The Morgan fingerprint density at radius 1 is 1.16 bits per heavy atom. The lowest BCUT2D eigenvalue weighted by molar-refractivity contribution is -0.384. The molecule has 2 aromatic rings. The highest BCUT2D eigenvalue weighted by Gasteiger charge is 2.27. The topological polar surface area (TPSA) is 87.2 Å². The molecule has 6 nitrogen and oxygen atoms in total. The van der Waals surface area contributed by atoms with E-state index in [-0.39, 0.29) is 17.4 Å². The van der Waals surface area contributed by atoms with E-state index in [9.17, 15) is 20.2 Å². The summed E-state index contributed by atoms with van der Waals surface area (Å²) in [5.41, 5.74) is 1.63. The van der Waals surface area contributed by atoms with Crippen molar-refractivity contribution < 1.29 is 9.72 Å². The van der Waals surface area contributed by atoms with Crippen molar-refractivity contribution in [2.75, 3.05) is 18.0 Å². The summed E-state index contributed by atoms with van der Waals surface area (Å²) in [7, 11) is 0. The summed E-state index contributed by atoms with van der Waals surface area (Å²) >= 11 is 0. The van der Waals surface area contributed by atoms with E-state index < -0.39 is 4.92 Å². The summed E-state index contributed by atoms with van der Waals surface area (Å²) in [6.45, 7) is 1.30. The average Bonchev–Trinajstić information content (AvgIpc) is 2.67. The number of hydrogen-bond acceptors (Lipinski definition) is 5. The Morgan fingerprint density at radius 3 is 2.44 bits per heavy atom. The Labute approximate surface area is 145 Å². The maximum absolute atomic E-state index is 12.5. The van der Waals surface area contributed by atoms with Crippen molar-refractivity contribution in [2.45, 2.75) is 12.8 Å². The van der Waals surface area contributed by atoms with E-state index >= 15 is 0 Å². The molecule has 2 aromatic carbocycles. The van der Waals surface area contributed by atoms with Crippen LogP contribution < -0.4 is 4.90 Å². The first kappa shape index (κ1) is 16.7. The molecule has 0 aliphatic carbocycles. The number of nitriles is 1. The van der Waals surface area contributed by atoms with Gasteiger partial charge in [0.05, 0.1) is 16.2 Å². The monoisotopic (exact) mass is 335 g/mol. The number of carbonyl (C=O) groups excluding carboxylic acids is 1. The van der Waals surface area contributed by atoms with Gasteiger partial charge in [-0.2, -0.15) is 5.26 Å². The molecule has 1 saturated heterocycles. The van der Waals surface area contributed by atoms with Crippen molar-refractivity contribution in [3.8, 4) is 6.07 Å². The first-order valence-corrected chi connectivity index (χ1v) is 8.13. The second kappa shape index (κ2) is 7.14. The molecule has 0 radical (unpaired) electrons. The minimum absolute atomic E-state index is 0.0257. The molecule has 0 aromatic heterocycles. The largest absolute Gasteiger partial charge is 0.370 e. The quantitative estimate of drug-likeness (QED) is 0.484. The summed E-state index contributed by atoms with van der Waals surface area (Å²) in [5.74, 6) is 0.131. The smallest absolute Gasteiger partial charge is 0.270 e. The molecule has 3 rings (SSSR count). The molecule has 1 heterocycles. The average molecular weight is 335 g/mol. The van der Waals surface area contributed by atoms with Crippen LogP contribution in [-0.2, 0) is 0 Å². The minimum atomic E-state index is -0.505. The Bertz CT molecular complexity index is 835. The molecule has 0 N–H and O–H groups in total. The number of nitro groups is 1. The lowest BCUT2D eigenvalue weighted by Crippen LogP contribution is -2.36. The fourth-order valence-corrected chi connectivity index (χ4v) is 3.22. The van der Waals surface area contributed by atoms with Gasteiger partial charge < -0.3 is 4.90 Å². The first-order chi connectivity index (χ1) is 12.1. The molecule has 0 spiro atoms. The van der Waals surface area contributed by atoms with Crippen LogP contribution in [0, 0.1) is 27.4 Å². The molecule has 1 fully saturated rings. The van der Waals surface area contributed by atoms with Gasteiger partial charge in [0.1, 0.15) is 6.07 Å². The zero-order valence-electron chi connectivity index (χ0n) is 13.6. The van der Waals surface area contributed by atoms with Crippen molar-refractivity contribution in [3.63, 3.8) is 0 Å². The van der Waals surface area contributed by atoms with Gasteiger partial charge in [0.25, 0.3) is 5.69 Å². The van der Waals surface area contributed by atoms with Gasteiger partial charge in [-0.3, -0.25) is 14.9 Å². The minimum Gasteiger partial charge on any atom is -0.370 e. The summed E-state index contributed by atoms with van der Waals surface area (Å²) in [5, 5.41) is 20.1. The molecule has 0 amide bonds. The number of piperidine rings is 1. The van der Waals surface area contributed by atoms with Crippen LogP contribution in [-0.4, -0.2) is 23.8 Å². The number of hydrogen-bond donors (Lipinski definition) is 0. The van der Waals surface area contributed by atoms with Gasteiger partial charge in [-0.05, 0) is 18.9 Å². The molecule has 0 saturated carbocycles. The maximum Gasteiger partial charge on any atom is 0.270 e. The molecule has 126 valence electrons. The highest BCUT2D eigenvalue weighted by Crippen LogP contribution is 2.30. The van der Waals surface area contributed by atoms with Crippen LogP contribution in [0.4, 0.5) is 11.4 Å². The lowest BCUT2D eigenvalue weighted by Gasteiger charge is -2.33. The Hall–Kier alpha value is -3.20. The number of benzene rings is 2. The van der Waals surface area contributed by atoms with Gasteiger partial charge in [-0.25, -0.2) is 0 Å². The Balaban J connectivity index is 1.71. The first-order valence-electron chi connectivity index (χ1n) is 8.13. The van der Waals surface area contributed by atoms with E-state index in [1.807, 2.05) is 41.3 Å². The molecule has 1 aliphatic heterocycles. The van der Waals surface area contributed by atoms with Crippen LogP contribution in [0.25, 0.3) is 0 Å². The van der Waals surface area contributed by atoms with Gasteiger partial charge in [-0.15, -0.1) is 0 Å². The standard InChI is InChI=1S/C19H17N3O3/c20-13-16-12-17(22(24)25)6-7-18(16)21-10-8-15(9-11-21)19(23)14-4-2-1-3-5-14/h1-7,12,15H,8-11H2. The van der Waals surface area contributed by atoms with Crippen molar-refractivity contribution in [3.05, 3.63) is 69.8 Å². The molecule has 0 atom stereocenters. The molecule has 0 unspecified atom stereocenters. The van der Waals surface area contributed by atoms with Gasteiger partial charge in [0.2, 0.25) is 0 Å². The van der Waals surface area contributed by atoms with E-state index in [1.165, 1.54) is 12.1 Å². The van der Waals surface area contributed by atoms with Crippen LogP contribution in [0.1, 0.15) is 28.8 Å². The normalized spacial score (nSPS) is 14.8. The Morgan fingerprint density at radius 2 is 1.84 bits per heavy atom. The van der Waals surface area contributed by atoms with Crippen LogP contribution in [0.5, 0.6) is 0 Å². The second-order valence-electron chi connectivity index (χ2n) is 6.06. The van der Waals surface area contributed by atoms with E-state index in [2.05, 4.69) is 0 Å². The van der Waals surface area contributed by atoms with Crippen molar-refractivity contribution >= 4 is 17.2 Å². The number of carbonyl (C=O) groups is 1. The van der Waals surface area contributed by atoms with Crippen LogP contribution >= 0.6 is 0 Å². The number of nitrogens with zero attached hydrogens (tertiary/aromatic N) is 3. The fraction of sp³-hybridized carbons (Fsp3) is 0.263. The summed E-state index contributed by atoms with van der Waals surface area (Å²) in [4.78, 5) is 24.9. The van der Waals surface area contributed by atoms with E-state index in [1.54, 1.807) is 6.07 Å². The molecule has 25 heavy (non-hydrogen) atoms. The predicted octanol–water partition coefficient (Wildman–Crippen LogP) is 3.57. The highest BCUT2D eigenvalue weighted by atomic mass is 16.6. The fourth-order valence-electron chi connectivity index (χ4n) is 3.22. The van der Waals surface area contributed by atoms with Gasteiger partial charge in [0.15, 0.2) is 5.78 Å². The molecule has 0 bridgehead atoms. The third-order valence-corrected chi connectivity index (χ3v) is 4.58. The number of anilines is 1. The lowest BCUT2D eigenvalue weighted by atomic mass is 9.88. The van der Waals surface area contributed by atoms with Crippen molar-refractivity contribution in [1.82, 2.24) is 0 Å². The number of ketones is 1. The number of Topliss-reactive ketones (excluding diaryl/α,β-unsaturated/α-hetero) is 1. The highest BCUT2D eigenvalue weighted by molar-refractivity contribution is 5.98. The van der Waals surface area contributed by atoms with Crippen molar-refractivity contribution in [2.24, 2.45) is 5.92 Å². The third-order valence-electron chi connectivity index (χ3n) is 4.58. The van der Waals surface area contributed by atoms with Gasteiger partial charge >= 0.3 is 0 Å². The second-order valence-corrected chi connectivity index (χ2v) is 6.06. The summed E-state index contributed by atoms with van der Waals surface area (Å²) in [6.07, 6.45) is 1.41. The SMILES string of the molecule is N#Cc1cc([N+](=O)[O-])ccc1N1CCC(C(=O)c2ccccc2)CC1. The number of nitro benzene ring substituents is 1. The van der Waals surface area contributed by atoms with Crippen LogP contribution in [0.2, 0.25) is 0 Å². The van der Waals surface area contributed by atoms with Crippen molar-refractivity contribution in [1.29, 1.82) is 5.26 Å². The van der Waals surface area contributed by atoms with Crippen LogP contribution in [0.15, 0.2) is 48.5 Å². The zero-order chi connectivity index (χ0) is 17.8. The molecular weight excluding hydrogens is 318 g/mol. The Kier molecular flexibility index (Phi) is 4.75. The van der Waals surface area contributed by atoms with Gasteiger partial charge in [-0.1, -0.05) is 30.3 Å². The van der Waals surface area contributed by atoms with E-state index in [0.717, 1.165) is 5.56 Å². The molecule has 6 heteroatoms. The predicted molar refractivity (Wildman–Crippen MR) is 93.5 cm³/mol. The number of rotatable bonds is 4. The van der Waals surface area contributed by atoms with Crippen LogP contribution in [0.3, 0.4) is 0 Å². The maximum atomic E-state index is 12.5. The van der Waals surface area contributed by atoms with E-state index in [0.29, 0.717) is 37.2 Å². The van der Waals surface area contributed by atoms with Gasteiger partial charge in [0, 0.05) is 36.7 Å². The van der Waals surface area contributed by atoms with E-state index in [4.69, 9.17) is 0 Å². The molecular formula is C19H17N3O3. The summed E-state index contributed by atoms with van der Waals surface area (Å²) in [6, 6.07) is 15.6. The number of non-ortho nitro benzene ring substituents is 1. The molecule has 1 aliphatic rings. The zero-order valence-corrected chi connectivity index (χ0v) is 13.6. The summed E-state index contributed by atoms with van der Waals surface area (Å²) < 4.78 is 0.